The van der Waals surface area contributed by atoms with Crippen molar-refractivity contribution in [2.24, 2.45) is 0 Å². The molecule has 11 heteroatoms. The molecule has 5 atom stereocenters. The number of hydrogen-bond acceptors (Lipinski definition) is 10. The van der Waals surface area contributed by atoms with Gasteiger partial charge in [0.05, 0.1) is 5.56 Å². The molecular weight excluding hydrogens is 495 g/mol. The third-order valence-electron chi connectivity index (χ3n) is 5.92. The number of ether oxygens (including phenoxy) is 2. The summed E-state index contributed by atoms with van der Waals surface area (Å²) in [6.07, 6.45) is -8.61. The van der Waals surface area contributed by atoms with Crippen LogP contribution in [-0.2, 0) is 19.9 Å². The number of aliphatic hydroxyl groups is 4. The molecule has 4 rings (SSSR count). The minimum atomic E-state index is -2.26. The number of rotatable bonds is 8. The minimum Gasteiger partial charge on any atom is -0.872 e. The molecule has 3 aromatic carbocycles. The van der Waals surface area contributed by atoms with Gasteiger partial charge in [-0.2, -0.15) is 0 Å². The molecule has 0 bridgehead atoms. The summed E-state index contributed by atoms with van der Waals surface area (Å²) in [5.74, 6) is -2.17. The molecule has 0 aliphatic carbocycles. The summed E-state index contributed by atoms with van der Waals surface area (Å²) in [4.78, 5) is 35.5. The molecular formula is C26H21NaO10. The summed E-state index contributed by atoms with van der Waals surface area (Å²) in [5.41, 5.74) is 0.525. The molecule has 0 aromatic heterocycles. The van der Waals surface area contributed by atoms with Gasteiger partial charge in [-0.25, -0.2) is 9.59 Å². The Morgan fingerprint density at radius 1 is 0.892 bits per heavy atom. The second-order valence-corrected chi connectivity index (χ2v) is 8.14. The molecule has 3 aromatic rings. The van der Waals surface area contributed by atoms with Crippen LogP contribution in [0.5, 0.6) is 11.5 Å². The predicted octanol–water partition coefficient (Wildman–Crippen LogP) is -3.23. The van der Waals surface area contributed by atoms with Crippen molar-refractivity contribution < 1.29 is 78.9 Å². The maximum atomic E-state index is 12.7. The summed E-state index contributed by atoms with van der Waals surface area (Å²) in [6.45, 7) is 0. The van der Waals surface area contributed by atoms with Crippen LogP contribution in [0, 0.1) is 0 Å². The van der Waals surface area contributed by atoms with Crippen molar-refractivity contribution in [3.63, 3.8) is 0 Å². The van der Waals surface area contributed by atoms with Gasteiger partial charge in [0.1, 0.15) is 24.1 Å². The number of aldehydes is 1. The van der Waals surface area contributed by atoms with Crippen molar-refractivity contribution in [2.45, 2.75) is 30.0 Å². The van der Waals surface area contributed by atoms with Gasteiger partial charge < -0.3 is 39.8 Å². The largest absolute Gasteiger partial charge is 1.00 e. The van der Waals surface area contributed by atoms with E-state index in [2.05, 4.69) is 0 Å². The zero-order valence-corrected chi connectivity index (χ0v) is 21.6. The fourth-order valence-electron chi connectivity index (χ4n) is 4.05. The monoisotopic (exact) mass is 516 g/mol. The molecule has 10 nitrogen and oxygen atoms in total. The average molecular weight is 516 g/mol. The number of fused-ring (bicyclic) bond motifs is 1. The molecule has 5 unspecified atom stereocenters. The zero-order chi connectivity index (χ0) is 26.0. The smallest absolute Gasteiger partial charge is 0.872 e. The standard InChI is InChI=1S/C26H22O10.Na/c27-13-20(29)21(30)22(31)23(32)25(34)35-17-11-7-15(8-12-17)26(14-5-9-16(28)10-6-14)19-4-2-1-3-18(19)24(33)36-26;/h1-13,20-23,28-32H;/q;+1/p-1. The fraction of sp³-hybridized carbons (Fsp3) is 0.192. The number of carbonyl (C=O) groups excluding carboxylic acids is 3. The summed E-state index contributed by atoms with van der Waals surface area (Å²) >= 11 is 0. The van der Waals surface area contributed by atoms with Crippen molar-refractivity contribution in [1.82, 2.24) is 0 Å². The third kappa shape index (κ3) is 5.32. The molecule has 0 amide bonds. The number of carbonyl (C=O) groups is 3. The number of esters is 2. The molecule has 1 aliphatic heterocycles. The Bertz CT molecular complexity index is 1280. The van der Waals surface area contributed by atoms with Gasteiger partial charge in [0, 0.05) is 16.7 Å². The van der Waals surface area contributed by atoms with E-state index in [1.54, 1.807) is 36.4 Å². The molecule has 0 radical (unpaired) electrons. The van der Waals surface area contributed by atoms with E-state index in [0.29, 0.717) is 22.3 Å². The third-order valence-corrected chi connectivity index (χ3v) is 5.92. The molecule has 0 saturated carbocycles. The van der Waals surface area contributed by atoms with Crippen molar-refractivity contribution in [1.29, 1.82) is 0 Å². The number of benzene rings is 3. The van der Waals surface area contributed by atoms with Crippen LogP contribution in [0.4, 0.5) is 0 Å². The van der Waals surface area contributed by atoms with Crippen molar-refractivity contribution in [3.05, 3.63) is 95.1 Å². The van der Waals surface area contributed by atoms with Crippen LogP contribution in [0.15, 0.2) is 72.8 Å². The van der Waals surface area contributed by atoms with Crippen LogP contribution < -0.4 is 39.4 Å². The van der Waals surface area contributed by atoms with Crippen LogP contribution in [-0.4, -0.2) is 63.1 Å². The Morgan fingerprint density at radius 3 is 2.05 bits per heavy atom. The summed E-state index contributed by atoms with van der Waals surface area (Å²) in [6, 6.07) is 18.4. The number of aliphatic hydroxyl groups excluding tert-OH is 4. The Morgan fingerprint density at radius 2 is 1.46 bits per heavy atom. The van der Waals surface area contributed by atoms with E-state index in [-0.39, 0.29) is 47.3 Å². The van der Waals surface area contributed by atoms with Gasteiger partial charge in [-0.1, -0.05) is 54.6 Å². The zero-order valence-electron chi connectivity index (χ0n) is 19.6. The first-order valence-corrected chi connectivity index (χ1v) is 10.8. The summed E-state index contributed by atoms with van der Waals surface area (Å²) in [7, 11) is 0. The quantitative estimate of drug-likeness (QED) is 0.103. The van der Waals surface area contributed by atoms with E-state index in [4.69, 9.17) is 9.47 Å². The molecule has 0 saturated heterocycles. The van der Waals surface area contributed by atoms with Crippen molar-refractivity contribution in [2.75, 3.05) is 0 Å². The molecule has 0 fully saturated rings. The van der Waals surface area contributed by atoms with Gasteiger partial charge in [-0.3, -0.25) is 0 Å². The first-order chi connectivity index (χ1) is 17.2. The molecule has 37 heavy (non-hydrogen) atoms. The normalized spacial score (nSPS) is 19.4. The van der Waals surface area contributed by atoms with Crippen LogP contribution in [0.1, 0.15) is 27.0 Å². The van der Waals surface area contributed by atoms with E-state index in [1.165, 1.54) is 36.4 Å². The second kappa shape index (κ2) is 11.5. The predicted molar refractivity (Wildman–Crippen MR) is 120 cm³/mol. The van der Waals surface area contributed by atoms with Crippen molar-refractivity contribution >= 4 is 18.2 Å². The second-order valence-electron chi connectivity index (χ2n) is 8.14. The molecule has 186 valence electrons. The van der Waals surface area contributed by atoms with Gasteiger partial charge in [-0.05, 0) is 18.2 Å². The van der Waals surface area contributed by atoms with Crippen LogP contribution in [0.3, 0.4) is 0 Å². The van der Waals surface area contributed by atoms with Crippen LogP contribution in [0.2, 0.25) is 0 Å². The van der Waals surface area contributed by atoms with Gasteiger partial charge >= 0.3 is 41.5 Å². The topological polar surface area (TPSA) is 174 Å². The SMILES string of the molecule is O=CC(O)C(O)C(O)C(O)C(=O)Oc1ccc(C2(c3ccc([O-])cc3)OC(=O)c3ccccc32)cc1.[Na+]. The van der Waals surface area contributed by atoms with Gasteiger partial charge in [0.15, 0.2) is 18.0 Å². The molecule has 1 heterocycles. The Kier molecular flexibility index (Phi) is 8.88. The van der Waals surface area contributed by atoms with E-state index in [0.717, 1.165) is 0 Å². The first kappa shape index (κ1) is 28.5. The minimum absolute atomic E-state index is 0. The maximum Gasteiger partial charge on any atom is 1.00 e. The first-order valence-electron chi connectivity index (χ1n) is 10.8. The number of cyclic esters (lactones) is 1. The van der Waals surface area contributed by atoms with E-state index < -0.39 is 42.0 Å². The van der Waals surface area contributed by atoms with E-state index >= 15 is 0 Å². The van der Waals surface area contributed by atoms with E-state index in [1.807, 2.05) is 0 Å². The van der Waals surface area contributed by atoms with Crippen LogP contribution in [0.25, 0.3) is 0 Å². The summed E-state index contributed by atoms with van der Waals surface area (Å²) < 4.78 is 10.9. The van der Waals surface area contributed by atoms with Crippen molar-refractivity contribution in [3.8, 4) is 11.5 Å². The molecule has 1 aliphatic rings. The van der Waals surface area contributed by atoms with Gasteiger partial charge in [-0.15, -0.1) is 5.75 Å². The van der Waals surface area contributed by atoms with E-state index in [9.17, 15) is 39.9 Å². The fourth-order valence-corrected chi connectivity index (χ4v) is 4.05. The average Bonchev–Trinajstić information content (AvgIpc) is 3.21. The molecule has 4 N–H and O–H groups in total. The van der Waals surface area contributed by atoms with Crippen LogP contribution >= 0.6 is 0 Å². The molecule has 0 spiro atoms. The van der Waals surface area contributed by atoms with Gasteiger partial charge in [0.2, 0.25) is 0 Å². The maximum absolute atomic E-state index is 12.7. The Hall–Kier alpha value is -3.09. The summed E-state index contributed by atoms with van der Waals surface area (Å²) in [5, 5.41) is 50.4. The number of hydrogen-bond donors (Lipinski definition) is 4. The Labute approximate surface area is 233 Å². The van der Waals surface area contributed by atoms with Gasteiger partial charge in [0.25, 0.3) is 0 Å². The Balaban J connectivity index is 0.00000380.